The van der Waals surface area contributed by atoms with Gasteiger partial charge in [0.2, 0.25) is 0 Å². The van der Waals surface area contributed by atoms with Gasteiger partial charge < -0.3 is 14.3 Å². The Hall–Kier alpha value is -2.41. The van der Waals surface area contributed by atoms with Crippen LogP contribution in [0.1, 0.15) is 49.0 Å². The van der Waals surface area contributed by atoms with Crippen LogP contribution in [0.5, 0.6) is 0 Å². The van der Waals surface area contributed by atoms with Crippen LogP contribution in [0.15, 0.2) is 34.5 Å². The van der Waals surface area contributed by atoms with Crippen molar-refractivity contribution in [1.29, 1.82) is 0 Å². The van der Waals surface area contributed by atoms with Crippen molar-refractivity contribution in [1.82, 2.24) is 25.0 Å². The van der Waals surface area contributed by atoms with E-state index < -0.39 is 0 Å². The summed E-state index contributed by atoms with van der Waals surface area (Å²) in [6.07, 6.45) is 4.60. The molecule has 1 atom stereocenters. The standard InChI is InChI=1S/C18H25N5O2/c1-13(2)6-8-22-9-7-16-20-21-17(23(16)11-10-22)14(3)19-18(24)15-5-4-12-25-15/h4-6,12,14H,7-11H2,1-3H3,(H,19,24)/t14-/m1/s1. The Morgan fingerprint density at radius 1 is 1.36 bits per heavy atom. The Morgan fingerprint density at radius 2 is 2.20 bits per heavy atom. The maximum Gasteiger partial charge on any atom is 0.287 e. The number of fused-ring (bicyclic) bond motifs is 1. The average molecular weight is 343 g/mol. The Labute approximate surface area is 147 Å². The molecule has 7 nitrogen and oxygen atoms in total. The second-order valence-electron chi connectivity index (χ2n) is 6.63. The zero-order valence-electron chi connectivity index (χ0n) is 15.0. The van der Waals surface area contributed by atoms with E-state index in [-0.39, 0.29) is 11.9 Å². The third kappa shape index (κ3) is 4.17. The number of nitrogens with one attached hydrogen (secondary N) is 1. The maximum absolute atomic E-state index is 12.2. The molecule has 25 heavy (non-hydrogen) atoms. The van der Waals surface area contributed by atoms with Crippen LogP contribution in [-0.2, 0) is 13.0 Å². The van der Waals surface area contributed by atoms with Gasteiger partial charge in [0.1, 0.15) is 5.82 Å². The lowest BCUT2D eigenvalue weighted by atomic mass is 10.3. The number of hydrogen-bond acceptors (Lipinski definition) is 5. The van der Waals surface area contributed by atoms with Crippen LogP contribution < -0.4 is 5.32 Å². The second-order valence-corrected chi connectivity index (χ2v) is 6.63. The molecule has 2 aromatic heterocycles. The van der Waals surface area contributed by atoms with Gasteiger partial charge in [0.15, 0.2) is 11.6 Å². The first-order valence-corrected chi connectivity index (χ1v) is 8.66. The zero-order valence-corrected chi connectivity index (χ0v) is 15.0. The van der Waals surface area contributed by atoms with E-state index in [1.54, 1.807) is 12.1 Å². The lowest BCUT2D eigenvalue weighted by molar-refractivity contribution is 0.0909. The highest BCUT2D eigenvalue weighted by Crippen LogP contribution is 2.16. The molecule has 0 saturated carbocycles. The van der Waals surface area contributed by atoms with Crippen molar-refractivity contribution >= 4 is 5.91 Å². The first-order chi connectivity index (χ1) is 12.0. The fraction of sp³-hybridized carbons (Fsp3) is 0.500. The average Bonchev–Trinajstić information content (AvgIpc) is 3.20. The van der Waals surface area contributed by atoms with E-state index in [9.17, 15) is 4.79 Å². The van der Waals surface area contributed by atoms with Gasteiger partial charge in [-0.2, -0.15) is 0 Å². The predicted octanol–water partition coefficient (Wildman–Crippen LogP) is 2.19. The smallest absolute Gasteiger partial charge is 0.287 e. The van der Waals surface area contributed by atoms with Gasteiger partial charge in [-0.15, -0.1) is 10.2 Å². The van der Waals surface area contributed by atoms with Gasteiger partial charge in [0.05, 0.1) is 12.3 Å². The summed E-state index contributed by atoms with van der Waals surface area (Å²) in [7, 11) is 0. The van der Waals surface area contributed by atoms with Crippen molar-refractivity contribution in [2.24, 2.45) is 0 Å². The van der Waals surface area contributed by atoms with E-state index in [4.69, 9.17) is 4.42 Å². The Kier molecular flexibility index (Phi) is 5.33. The minimum atomic E-state index is -0.242. The summed E-state index contributed by atoms with van der Waals surface area (Å²) in [5.74, 6) is 1.83. The second kappa shape index (κ2) is 7.65. The van der Waals surface area contributed by atoms with Crippen LogP contribution in [0.2, 0.25) is 0 Å². The van der Waals surface area contributed by atoms with E-state index in [1.807, 2.05) is 6.92 Å². The quantitative estimate of drug-likeness (QED) is 0.842. The van der Waals surface area contributed by atoms with Crippen molar-refractivity contribution in [3.8, 4) is 0 Å². The highest BCUT2D eigenvalue weighted by atomic mass is 16.3. The molecule has 7 heteroatoms. The molecule has 1 amide bonds. The van der Waals surface area contributed by atoms with Gasteiger partial charge in [-0.1, -0.05) is 11.6 Å². The van der Waals surface area contributed by atoms with Crippen molar-refractivity contribution < 1.29 is 9.21 Å². The highest BCUT2D eigenvalue weighted by Gasteiger charge is 2.23. The van der Waals surface area contributed by atoms with Gasteiger partial charge in [0, 0.05) is 32.6 Å². The van der Waals surface area contributed by atoms with E-state index in [1.165, 1.54) is 11.8 Å². The summed E-state index contributed by atoms with van der Waals surface area (Å²) in [4.78, 5) is 14.6. The highest BCUT2D eigenvalue weighted by molar-refractivity contribution is 5.91. The molecule has 0 saturated heterocycles. The number of carbonyl (C=O) groups excluding carboxylic acids is 1. The maximum atomic E-state index is 12.2. The van der Waals surface area contributed by atoms with Gasteiger partial charge >= 0.3 is 0 Å². The molecule has 2 aromatic rings. The Bertz CT molecular complexity index is 744. The number of carbonyl (C=O) groups is 1. The molecule has 0 unspecified atom stereocenters. The molecular formula is C18H25N5O2. The van der Waals surface area contributed by atoms with E-state index in [0.717, 1.165) is 44.2 Å². The molecule has 0 aliphatic carbocycles. The molecule has 0 aromatic carbocycles. The van der Waals surface area contributed by atoms with Crippen molar-refractivity contribution in [2.75, 3.05) is 19.6 Å². The lowest BCUT2D eigenvalue weighted by Gasteiger charge is -2.18. The minimum absolute atomic E-state index is 0.233. The van der Waals surface area contributed by atoms with Crippen molar-refractivity contribution in [2.45, 2.75) is 39.8 Å². The van der Waals surface area contributed by atoms with Gasteiger partial charge in [-0.05, 0) is 32.9 Å². The molecular weight excluding hydrogens is 318 g/mol. The topological polar surface area (TPSA) is 76.2 Å². The fourth-order valence-corrected chi connectivity index (χ4v) is 2.94. The number of aromatic nitrogens is 3. The molecule has 0 spiro atoms. The molecule has 3 rings (SSSR count). The van der Waals surface area contributed by atoms with Crippen LogP contribution in [0.25, 0.3) is 0 Å². The summed E-state index contributed by atoms with van der Waals surface area (Å²) in [5.41, 5.74) is 1.33. The number of hydrogen-bond donors (Lipinski definition) is 1. The number of rotatable bonds is 5. The van der Waals surface area contributed by atoms with Crippen molar-refractivity contribution in [3.63, 3.8) is 0 Å². The first-order valence-electron chi connectivity index (χ1n) is 8.66. The molecule has 0 fully saturated rings. The van der Waals surface area contributed by atoms with Crippen LogP contribution in [0.3, 0.4) is 0 Å². The summed E-state index contributed by atoms with van der Waals surface area (Å²) < 4.78 is 7.27. The molecule has 1 N–H and O–H groups in total. The summed E-state index contributed by atoms with van der Waals surface area (Å²) >= 11 is 0. The Balaban J connectivity index is 1.67. The summed E-state index contributed by atoms with van der Waals surface area (Å²) in [6, 6.07) is 3.11. The normalized spacial score (nSPS) is 16.0. The third-order valence-corrected chi connectivity index (χ3v) is 4.39. The summed E-state index contributed by atoms with van der Waals surface area (Å²) in [6.45, 7) is 9.86. The molecule has 3 heterocycles. The van der Waals surface area contributed by atoms with Crippen LogP contribution in [-0.4, -0.2) is 45.2 Å². The van der Waals surface area contributed by atoms with Crippen LogP contribution in [0.4, 0.5) is 0 Å². The third-order valence-electron chi connectivity index (χ3n) is 4.39. The molecule has 0 bridgehead atoms. The van der Waals surface area contributed by atoms with E-state index in [0.29, 0.717) is 5.76 Å². The number of furan rings is 1. The van der Waals surface area contributed by atoms with Gasteiger partial charge in [-0.25, -0.2) is 0 Å². The molecule has 134 valence electrons. The monoisotopic (exact) mass is 343 g/mol. The lowest BCUT2D eigenvalue weighted by Crippen LogP contribution is -2.30. The van der Waals surface area contributed by atoms with E-state index in [2.05, 4.69) is 44.9 Å². The number of nitrogens with zero attached hydrogens (tertiary/aromatic N) is 4. The molecule has 0 radical (unpaired) electrons. The van der Waals surface area contributed by atoms with Crippen molar-refractivity contribution in [3.05, 3.63) is 47.5 Å². The van der Waals surface area contributed by atoms with Crippen LogP contribution in [0, 0.1) is 0 Å². The SMILES string of the molecule is CC(C)=CCN1CCc2nnc([C@@H](C)NC(=O)c3ccco3)n2CC1. The molecule has 1 aliphatic rings. The minimum Gasteiger partial charge on any atom is -0.459 e. The fourth-order valence-electron chi connectivity index (χ4n) is 2.94. The Morgan fingerprint density at radius 3 is 2.92 bits per heavy atom. The largest absolute Gasteiger partial charge is 0.459 e. The molecule has 1 aliphatic heterocycles. The predicted molar refractivity (Wildman–Crippen MR) is 94.2 cm³/mol. The number of allylic oxidation sites excluding steroid dienone is 1. The summed E-state index contributed by atoms with van der Waals surface area (Å²) in [5, 5.41) is 11.6. The van der Waals surface area contributed by atoms with Crippen LogP contribution >= 0.6 is 0 Å². The first kappa shape index (κ1) is 17.4. The van der Waals surface area contributed by atoms with Gasteiger partial charge in [0.25, 0.3) is 5.91 Å². The van der Waals surface area contributed by atoms with E-state index >= 15 is 0 Å². The van der Waals surface area contributed by atoms with Gasteiger partial charge in [-0.3, -0.25) is 9.69 Å². The zero-order chi connectivity index (χ0) is 17.8. The number of amides is 1.